The summed E-state index contributed by atoms with van der Waals surface area (Å²) in [6, 6.07) is 0. The molecule has 1 saturated heterocycles. The Morgan fingerprint density at radius 3 is 2.21 bits per heavy atom. The summed E-state index contributed by atoms with van der Waals surface area (Å²) in [5, 5.41) is 56.2. The molecule has 0 aromatic rings. The van der Waals surface area contributed by atoms with E-state index in [1.165, 1.54) is 6.92 Å². The highest BCUT2D eigenvalue weighted by atomic mass is 16.6. The fraction of sp³-hybridized carbons (Fsp3) is 0.900. The van der Waals surface area contributed by atoms with E-state index in [0.29, 0.717) is 0 Å². The third-order valence-corrected chi connectivity index (χ3v) is 3.22. The van der Waals surface area contributed by atoms with Crippen molar-refractivity contribution in [3.05, 3.63) is 0 Å². The lowest BCUT2D eigenvalue weighted by Crippen LogP contribution is -2.68. The van der Waals surface area contributed by atoms with Gasteiger partial charge in [0.05, 0.1) is 12.7 Å². The fourth-order valence-corrected chi connectivity index (χ4v) is 1.90. The average molecular weight is 281 g/mol. The fourth-order valence-electron chi connectivity index (χ4n) is 1.90. The number of carbonyl (C=O) groups is 1. The second-order valence-corrected chi connectivity index (χ2v) is 5.00. The van der Waals surface area contributed by atoms with Gasteiger partial charge in [0.1, 0.15) is 23.9 Å². The summed E-state index contributed by atoms with van der Waals surface area (Å²) in [5.74, 6) is -4.29. The molecule has 0 saturated carbocycles. The SMILES string of the molecule is C[C@](N)(C[C@@H]1O[C@H](CO)[C@@H](O)C(O)(O)[C@H]1O)C(=O)O. The van der Waals surface area contributed by atoms with Gasteiger partial charge in [0.15, 0.2) is 0 Å². The molecule has 0 aromatic carbocycles. The molecule has 112 valence electrons. The van der Waals surface area contributed by atoms with Gasteiger partial charge in [0.2, 0.25) is 5.79 Å². The van der Waals surface area contributed by atoms with Crippen molar-refractivity contribution in [1.82, 2.24) is 0 Å². The smallest absolute Gasteiger partial charge is 0.323 e. The maximum Gasteiger partial charge on any atom is 0.323 e. The molecule has 0 unspecified atom stereocenters. The van der Waals surface area contributed by atoms with Gasteiger partial charge < -0.3 is 41.1 Å². The van der Waals surface area contributed by atoms with Gasteiger partial charge in [-0.3, -0.25) is 4.79 Å². The largest absolute Gasteiger partial charge is 0.480 e. The number of aliphatic hydroxyl groups excluding tert-OH is 3. The third-order valence-electron chi connectivity index (χ3n) is 3.22. The highest BCUT2D eigenvalue weighted by Crippen LogP contribution is 2.31. The first kappa shape index (κ1) is 16.2. The highest BCUT2D eigenvalue weighted by Gasteiger charge is 2.55. The second kappa shape index (κ2) is 5.29. The molecule has 0 aromatic heterocycles. The number of carboxylic acids is 1. The van der Waals surface area contributed by atoms with Gasteiger partial charge in [0.25, 0.3) is 0 Å². The predicted molar refractivity (Wildman–Crippen MR) is 59.8 cm³/mol. The van der Waals surface area contributed by atoms with Crippen molar-refractivity contribution in [2.24, 2.45) is 5.73 Å². The zero-order valence-electron chi connectivity index (χ0n) is 10.3. The number of hydrogen-bond donors (Lipinski definition) is 7. The van der Waals surface area contributed by atoms with Crippen LogP contribution in [-0.2, 0) is 9.53 Å². The lowest BCUT2D eigenvalue weighted by molar-refractivity contribution is -0.352. The molecule has 1 fully saturated rings. The van der Waals surface area contributed by atoms with Crippen LogP contribution < -0.4 is 5.73 Å². The molecule has 1 aliphatic heterocycles. The number of nitrogens with two attached hydrogens (primary N) is 1. The Hall–Kier alpha value is -0.810. The number of carboxylic acid groups (broad SMARTS) is 1. The van der Waals surface area contributed by atoms with Gasteiger partial charge in [0, 0.05) is 6.42 Å². The molecule has 1 rings (SSSR count). The molecule has 9 nitrogen and oxygen atoms in total. The topological polar surface area (TPSA) is 174 Å². The molecule has 0 radical (unpaired) electrons. The van der Waals surface area contributed by atoms with E-state index in [1.54, 1.807) is 0 Å². The van der Waals surface area contributed by atoms with Crippen LogP contribution in [0.1, 0.15) is 13.3 Å². The number of ether oxygens (including phenoxy) is 1. The van der Waals surface area contributed by atoms with Crippen molar-refractivity contribution in [1.29, 1.82) is 0 Å². The van der Waals surface area contributed by atoms with Crippen LogP contribution in [0.25, 0.3) is 0 Å². The molecule has 0 spiro atoms. The minimum atomic E-state index is -2.93. The summed E-state index contributed by atoms with van der Waals surface area (Å²) >= 11 is 0. The van der Waals surface area contributed by atoms with E-state index in [-0.39, 0.29) is 0 Å². The van der Waals surface area contributed by atoms with Crippen LogP contribution in [0.2, 0.25) is 0 Å². The first-order valence-electron chi connectivity index (χ1n) is 5.63. The first-order valence-corrected chi connectivity index (χ1v) is 5.63. The van der Waals surface area contributed by atoms with Gasteiger partial charge in [-0.25, -0.2) is 0 Å². The van der Waals surface area contributed by atoms with Crippen LogP contribution in [0, 0.1) is 0 Å². The van der Waals surface area contributed by atoms with Crippen LogP contribution in [0.3, 0.4) is 0 Å². The van der Waals surface area contributed by atoms with Crippen molar-refractivity contribution in [3.63, 3.8) is 0 Å². The average Bonchev–Trinajstić information content (AvgIpc) is 2.30. The summed E-state index contributed by atoms with van der Waals surface area (Å²) in [6.07, 6.45) is -7.06. The van der Waals surface area contributed by atoms with Crippen LogP contribution in [-0.4, -0.2) is 79.0 Å². The van der Waals surface area contributed by atoms with E-state index in [1.807, 2.05) is 0 Å². The van der Waals surface area contributed by atoms with Crippen molar-refractivity contribution < 1.29 is 40.2 Å². The zero-order chi connectivity index (χ0) is 15.0. The van der Waals surface area contributed by atoms with Gasteiger partial charge >= 0.3 is 5.97 Å². The highest BCUT2D eigenvalue weighted by molar-refractivity contribution is 5.77. The Bertz CT molecular complexity index is 344. The van der Waals surface area contributed by atoms with Gasteiger partial charge in [-0.15, -0.1) is 0 Å². The third kappa shape index (κ3) is 3.03. The molecule has 0 amide bonds. The van der Waals surface area contributed by atoms with E-state index in [2.05, 4.69) is 0 Å². The Labute approximate surface area is 108 Å². The van der Waals surface area contributed by atoms with Crippen molar-refractivity contribution >= 4 is 5.97 Å². The molecular formula is C10H19NO8. The van der Waals surface area contributed by atoms with E-state index >= 15 is 0 Å². The minimum absolute atomic E-state index is 0.435. The number of aliphatic carboxylic acids is 1. The maximum atomic E-state index is 10.9. The Morgan fingerprint density at radius 2 is 1.79 bits per heavy atom. The molecule has 0 bridgehead atoms. The van der Waals surface area contributed by atoms with Gasteiger partial charge in [-0.1, -0.05) is 0 Å². The molecule has 8 N–H and O–H groups in total. The normalized spacial score (nSPS) is 37.6. The van der Waals surface area contributed by atoms with Crippen molar-refractivity contribution in [2.45, 2.75) is 49.1 Å². The zero-order valence-corrected chi connectivity index (χ0v) is 10.3. The lowest BCUT2D eigenvalue weighted by atomic mass is 9.85. The minimum Gasteiger partial charge on any atom is -0.480 e. The van der Waals surface area contributed by atoms with Crippen LogP contribution in [0.4, 0.5) is 0 Å². The molecule has 5 atom stereocenters. The molecular weight excluding hydrogens is 262 g/mol. The summed E-state index contributed by atoms with van der Waals surface area (Å²) in [4.78, 5) is 10.9. The number of aliphatic hydroxyl groups is 5. The van der Waals surface area contributed by atoms with Crippen molar-refractivity contribution in [3.8, 4) is 0 Å². The van der Waals surface area contributed by atoms with E-state index in [9.17, 15) is 25.2 Å². The van der Waals surface area contributed by atoms with E-state index < -0.39 is 54.7 Å². The van der Waals surface area contributed by atoms with Crippen LogP contribution >= 0.6 is 0 Å². The maximum absolute atomic E-state index is 10.9. The number of rotatable bonds is 4. The second-order valence-electron chi connectivity index (χ2n) is 5.00. The Balaban J connectivity index is 2.93. The summed E-state index contributed by atoms with van der Waals surface area (Å²) in [7, 11) is 0. The summed E-state index contributed by atoms with van der Waals surface area (Å²) < 4.78 is 5.07. The van der Waals surface area contributed by atoms with Gasteiger partial charge in [-0.05, 0) is 6.92 Å². The molecule has 1 heterocycles. The van der Waals surface area contributed by atoms with Crippen LogP contribution in [0.5, 0.6) is 0 Å². The molecule has 1 aliphatic rings. The summed E-state index contributed by atoms with van der Waals surface area (Å²) in [5.41, 5.74) is 3.71. The molecule has 9 heteroatoms. The first-order chi connectivity index (χ1) is 8.54. The van der Waals surface area contributed by atoms with E-state index in [4.69, 9.17) is 20.7 Å². The predicted octanol–water partition coefficient (Wildman–Crippen LogP) is -3.66. The number of hydrogen-bond acceptors (Lipinski definition) is 8. The molecule has 19 heavy (non-hydrogen) atoms. The standard InChI is InChI=1S/C10H19NO8/c1-9(11,8(15)16)2-4-6(13)10(17,18)7(14)5(3-12)19-4/h4-7,12-14,17-18H,2-3,11H2,1H3,(H,15,16)/t4-,5+,6-,7+,9-/m0/s1. The Morgan fingerprint density at radius 1 is 1.32 bits per heavy atom. The van der Waals surface area contributed by atoms with Crippen molar-refractivity contribution in [2.75, 3.05) is 6.61 Å². The monoisotopic (exact) mass is 281 g/mol. The summed E-state index contributed by atoms with van der Waals surface area (Å²) in [6.45, 7) is 0.433. The molecule has 0 aliphatic carbocycles. The Kier molecular flexibility index (Phi) is 4.52. The van der Waals surface area contributed by atoms with Crippen LogP contribution in [0.15, 0.2) is 0 Å². The quantitative estimate of drug-likeness (QED) is 0.256. The van der Waals surface area contributed by atoms with E-state index in [0.717, 1.165) is 0 Å². The lowest BCUT2D eigenvalue weighted by Gasteiger charge is -2.46. The van der Waals surface area contributed by atoms with Gasteiger partial charge in [-0.2, -0.15) is 0 Å².